The van der Waals surface area contributed by atoms with E-state index in [-0.39, 0.29) is 0 Å². The molecule has 1 aromatic carbocycles. The molecule has 0 nitrogen and oxygen atoms in total. The first kappa shape index (κ1) is 12.6. The Morgan fingerprint density at radius 3 is 2.50 bits per heavy atom. The Hall–Kier alpha value is -0.430. The summed E-state index contributed by atoms with van der Waals surface area (Å²) in [6, 6.07) is 11.0. The van der Waals surface area contributed by atoms with Gasteiger partial charge in [-0.25, -0.2) is 0 Å². The van der Waals surface area contributed by atoms with Crippen LogP contribution in [0.4, 0.5) is 0 Å². The van der Waals surface area contributed by atoms with Crippen LogP contribution in [0.15, 0.2) is 30.3 Å². The molecule has 0 heterocycles. The number of hydrogen-bond donors (Lipinski definition) is 0. The molecule has 3 fully saturated rings. The summed E-state index contributed by atoms with van der Waals surface area (Å²) in [5.41, 5.74) is 2.03. The van der Waals surface area contributed by atoms with Crippen LogP contribution in [0.25, 0.3) is 0 Å². The molecule has 3 unspecified atom stereocenters. The van der Waals surface area contributed by atoms with Crippen LogP contribution in [0.1, 0.15) is 45.6 Å². The predicted octanol–water partition coefficient (Wildman–Crippen LogP) is 5.13. The Labute approximate surface area is 116 Å². The number of hydrogen-bond acceptors (Lipinski definition) is 1. The number of benzene rings is 1. The van der Waals surface area contributed by atoms with Gasteiger partial charge in [0.05, 0.1) is 0 Å². The van der Waals surface area contributed by atoms with Gasteiger partial charge in [0.1, 0.15) is 0 Å². The van der Waals surface area contributed by atoms with Crippen molar-refractivity contribution < 1.29 is 0 Å². The van der Waals surface area contributed by atoms with E-state index in [2.05, 4.69) is 62.9 Å². The molecule has 0 aromatic heterocycles. The molecular formula is C17H24S. The minimum Gasteiger partial charge on any atom is -0.150 e. The quantitative estimate of drug-likeness (QED) is 0.725. The second-order valence-corrected chi connectivity index (χ2v) is 8.07. The molecule has 4 rings (SSSR count). The van der Waals surface area contributed by atoms with E-state index in [0.29, 0.717) is 10.2 Å². The summed E-state index contributed by atoms with van der Waals surface area (Å²) >= 11 is 2.23. The fourth-order valence-corrected chi connectivity index (χ4v) is 6.13. The molecule has 0 radical (unpaired) electrons. The van der Waals surface area contributed by atoms with Crippen molar-refractivity contribution in [1.82, 2.24) is 0 Å². The summed E-state index contributed by atoms with van der Waals surface area (Å²) in [6.45, 7) is 7.50. The number of thioether (sulfide) groups is 1. The van der Waals surface area contributed by atoms with E-state index in [9.17, 15) is 0 Å². The third-order valence-corrected chi connectivity index (χ3v) is 7.83. The summed E-state index contributed by atoms with van der Waals surface area (Å²) in [5, 5.41) is 0. The van der Waals surface area contributed by atoms with Crippen LogP contribution in [0, 0.1) is 17.3 Å². The van der Waals surface area contributed by atoms with Gasteiger partial charge in [0, 0.05) is 10.5 Å². The second kappa shape index (κ2) is 4.30. The topological polar surface area (TPSA) is 0 Å². The van der Waals surface area contributed by atoms with Crippen LogP contribution in [0.5, 0.6) is 0 Å². The molecule has 1 heteroatoms. The Kier molecular flexibility index (Phi) is 3.01. The minimum atomic E-state index is 0.546. The Morgan fingerprint density at radius 2 is 1.89 bits per heavy atom. The zero-order valence-corrected chi connectivity index (χ0v) is 12.6. The average molecular weight is 260 g/mol. The van der Waals surface area contributed by atoms with Crippen LogP contribution >= 0.6 is 11.8 Å². The fraction of sp³-hybridized carbons (Fsp3) is 0.647. The second-order valence-electron chi connectivity index (χ2n) is 6.76. The van der Waals surface area contributed by atoms with Crippen molar-refractivity contribution in [2.45, 2.75) is 50.5 Å². The molecule has 3 saturated carbocycles. The van der Waals surface area contributed by atoms with Gasteiger partial charge in [0.15, 0.2) is 0 Å². The number of rotatable bonds is 3. The molecule has 18 heavy (non-hydrogen) atoms. The number of fused-ring (bicyclic) bond motifs is 2. The van der Waals surface area contributed by atoms with Crippen molar-refractivity contribution in [2.75, 3.05) is 0 Å². The van der Waals surface area contributed by atoms with Gasteiger partial charge >= 0.3 is 0 Å². The maximum atomic E-state index is 2.51. The smallest absolute Gasteiger partial charge is 0.0245 e. The van der Waals surface area contributed by atoms with Crippen LogP contribution in [-0.2, 0) is 5.75 Å². The SMILES string of the molecule is CC1CCC2CC1(SCc1ccccc1)C2(C)C. The van der Waals surface area contributed by atoms with E-state index in [1.54, 1.807) is 0 Å². The van der Waals surface area contributed by atoms with Crippen LogP contribution in [-0.4, -0.2) is 4.75 Å². The molecule has 0 N–H and O–H groups in total. The van der Waals surface area contributed by atoms with Gasteiger partial charge in [-0.15, -0.1) is 11.8 Å². The molecular weight excluding hydrogens is 236 g/mol. The molecule has 0 amide bonds. The molecule has 3 aliphatic rings. The minimum absolute atomic E-state index is 0.546. The fourth-order valence-electron chi connectivity index (χ4n) is 4.26. The lowest BCUT2D eigenvalue weighted by molar-refractivity contribution is -0.0689. The Morgan fingerprint density at radius 1 is 1.17 bits per heavy atom. The van der Waals surface area contributed by atoms with Crippen molar-refractivity contribution in [2.24, 2.45) is 17.3 Å². The Bertz CT molecular complexity index is 422. The summed E-state index contributed by atoms with van der Waals surface area (Å²) in [4.78, 5) is 0. The van der Waals surface area contributed by atoms with Gasteiger partial charge in [0.2, 0.25) is 0 Å². The third-order valence-electron chi connectivity index (χ3n) is 5.74. The van der Waals surface area contributed by atoms with Gasteiger partial charge < -0.3 is 0 Å². The Balaban J connectivity index is 1.75. The lowest BCUT2D eigenvalue weighted by Gasteiger charge is -2.68. The maximum absolute atomic E-state index is 2.51. The van der Waals surface area contributed by atoms with Crippen molar-refractivity contribution in [3.8, 4) is 0 Å². The molecule has 2 bridgehead atoms. The normalized spacial score (nSPS) is 37.1. The molecule has 1 aromatic rings. The molecule has 0 saturated heterocycles. The summed E-state index contributed by atoms with van der Waals surface area (Å²) in [6.07, 6.45) is 4.36. The van der Waals surface area contributed by atoms with Crippen LogP contribution in [0.2, 0.25) is 0 Å². The zero-order chi connectivity index (χ0) is 12.8. The standard InChI is InChI=1S/C17H24S/c1-13-9-10-15-11-17(13,16(15,2)3)18-12-14-7-5-4-6-8-14/h4-8,13,15H,9-12H2,1-3H3. The van der Waals surface area contributed by atoms with Crippen LogP contribution in [0.3, 0.4) is 0 Å². The van der Waals surface area contributed by atoms with E-state index < -0.39 is 0 Å². The van der Waals surface area contributed by atoms with Crippen molar-refractivity contribution in [3.05, 3.63) is 35.9 Å². The van der Waals surface area contributed by atoms with Crippen LogP contribution < -0.4 is 0 Å². The van der Waals surface area contributed by atoms with Gasteiger partial charge in [-0.05, 0) is 42.1 Å². The summed E-state index contributed by atoms with van der Waals surface area (Å²) < 4.78 is 0.547. The molecule has 3 atom stereocenters. The lowest BCUT2D eigenvalue weighted by Crippen LogP contribution is -2.64. The van der Waals surface area contributed by atoms with Gasteiger partial charge in [-0.2, -0.15) is 0 Å². The van der Waals surface area contributed by atoms with E-state index in [4.69, 9.17) is 0 Å². The van der Waals surface area contributed by atoms with Crippen molar-refractivity contribution in [1.29, 1.82) is 0 Å². The van der Waals surface area contributed by atoms with E-state index in [0.717, 1.165) is 11.8 Å². The first-order valence-corrected chi connectivity index (χ1v) is 8.23. The first-order valence-electron chi connectivity index (χ1n) is 7.24. The lowest BCUT2D eigenvalue weighted by atomic mass is 9.45. The molecule has 0 spiro atoms. The van der Waals surface area contributed by atoms with E-state index in [1.165, 1.54) is 30.6 Å². The monoisotopic (exact) mass is 260 g/mol. The molecule has 0 aliphatic heterocycles. The maximum Gasteiger partial charge on any atom is 0.0245 e. The third kappa shape index (κ3) is 1.66. The highest BCUT2D eigenvalue weighted by Gasteiger charge is 2.64. The molecule has 3 aliphatic carbocycles. The highest BCUT2D eigenvalue weighted by Crippen LogP contribution is 2.70. The summed E-state index contributed by atoms with van der Waals surface area (Å²) in [7, 11) is 0. The highest BCUT2D eigenvalue weighted by molar-refractivity contribution is 8.00. The largest absolute Gasteiger partial charge is 0.150 e. The average Bonchev–Trinajstić information content (AvgIpc) is 2.38. The molecule has 98 valence electrons. The summed E-state index contributed by atoms with van der Waals surface area (Å²) in [5.74, 6) is 3.05. The first-order chi connectivity index (χ1) is 8.56. The predicted molar refractivity (Wildman–Crippen MR) is 80.8 cm³/mol. The van der Waals surface area contributed by atoms with Crippen molar-refractivity contribution in [3.63, 3.8) is 0 Å². The van der Waals surface area contributed by atoms with Gasteiger partial charge in [0.25, 0.3) is 0 Å². The zero-order valence-electron chi connectivity index (χ0n) is 11.8. The van der Waals surface area contributed by atoms with Gasteiger partial charge in [-0.3, -0.25) is 0 Å². The van der Waals surface area contributed by atoms with Gasteiger partial charge in [-0.1, -0.05) is 51.1 Å². The van der Waals surface area contributed by atoms with E-state index in [1.807, 2.05) is 0 Å². The highest BCUT2D eigenvalue weighted by atomic mass is 32.2. The van der Waals surface area contributed by atoms with E-state index >= 15 is 0 Å². The van der Waals surface area contributed by atoms with Crippen molar-refractivity contribution >= 4 is 11.8 Å².